The number of carbonyl (C=O) groups excluding carboxylic acids is 1. The summed E-state index contributed by atoms with van der Waals surface area (Å²) < 4.78 is 7.69. The van der Waals surface area contributed by atoms with Crippen LogP contribution in [0.15, 0.2) is 36.5 Å². The highest BCUT2D eigenvalue weighted by molar-refractivity contribution is 5.79. The average Bonchev–Trinajstić information content (AvgIpc) is 3.07. The smallest absolute Gasteiger partial charge is 0.228 e. The van der Waals surface area contributed by atoms with Gasteiger partial charge in [0.1, 0.15) is 6.10 Å². The van der Waals surface area contributed by atoms with Gasteiger partial charge in [0.2, 0.25) is 5.91 Å². The number of nitriles is 1. The van der Waals surface area contributed by atoms with E-state index in [1.54, 1.807) is 28.9 Å². The molecule has 3 rings (SSSR count). The number of nitrogens with zero attached hydrogens (tertiary/aromatic N) is 4. The fraction of sp³-hybridized carbons (Fsp3) is 0.421. The molecule has 1 aliphatic heterocycles. The number of carbonyl (C=O) groups is 1. The number of ether oxygens (including phenoxy) is 1. The summed E-state index contributed by atoms with van der Waals surface area (Å²) in [5.74, 6) is -0.151. The monoisotopic (exact) mass is 338 g/mol. The van der Waals surface area contributed by atoms with Crippen molar-refractivity contribution in [1.82, 2.24) is 14.7 Å². The third kappa shape index (κ3) is 3.72. The Hall–Kier alpha value is -2.65. The van der Waals surface area contributed by atoms with Crippen molar-refractivity contribution in [2.75, 3.05) is 13.7 Å². The van der Waals surface area contributed by atoms with Gasteiger partial charge in [0, 0.05) is 33.4 Å². The van der Waals surface area contributed by atoms with Crippen LogP contribution in [0.3, 0.4) is 0 Å². The van der Waals surface area contributed by atoms with Crippen molar-refractivity contribution >= 4 is 5.91 Å². The fourth-order valence-corrected chi connectivity index (χ4v) is 3.36. The Labute approximate surface area is 147 Å². The molecule has 1 aromatic heterocycles. The van der Waals surface area contributed by atoms with Crippen LogP contribution in [0.25, 0.3) is 0 Å². The summed E-state index contributed by atoms with van der Waals surface area (Å²) >= 11 is 0. The van der Waals surface area contributed by atoms with E-state index in [-0.39, 0.29) is 17.9 Å². The molecule has 2 atom stereocenters. The molecule has 0 radical (unpaired) electrons. The Bertz CT molecular complexity index is 793. The lowest BCUT2D eigenvalue weighted by Crippen LogP contribution is -2.39. The van der Waals surface area contributed by atoms with E-state index in [1.807, 2.05) is 31.3 Å². The van der Waals surface area contributed by atoms with Gasteiger partial charge in [-0.1, -0.05) is 12.1 Å². The standard InChI is InChI=1S/C19H22N4O2/c1-22(13-15-6-3-5-14(11-15)12-20)19(24)16-7-4-10-25-18(16)17-8-9-21-23(17)2/h3,5-6,8-9,11,16,18H,4,7,10,13H2,1-2H3/t16-,18-/m1/s1. The molecular formula is C19H22N4O2. The molecule has 6 heteroatoms. The summed E-state index contributed by atoms with van der Waals surface area (Å²) in [7, 11) is 3.67. The first-order valence-electron chi connectivity index (χ1n) is 8.43. The third-order valence-electron chi connectivity index (χ3n) is 4.64. The van der Waals surface area contributed by atoms with E-state index in [1.165, 1.54) is 0 Å². The maximum Gasteiger partial charge on any atom is 0.228 e. The summed E-state index contributed by atoms with van der Waals surface area (Å²) in [6.45, 7) is 1.14. The number of benzene rings is 1. The van der Waals surface area contributed by atoms with Gasteiger partial charge in [-0.05, 0) is 36.6 Å². The summed E-state index contributed by atoms with van der Waals surface area (Å²) in [6.07, 6.45) is 3.15. The maximum absolute atomic E-state index is 13.0. The SMILES string of the molecule is CN(Cc1cccc(C#N)c1)C(=O)[C@@H]1CCCO[C@H]1c1ccnn1C. The first-order chi connectivity index (χ1) is 12.1. The Kier molecular flexibility index (Phi) is 5.15. The van der Waals surface area contributed by atoms with E-state index >= 15 is 0 Å². The molecule has 0 spiro atoms. The predicted molar refractivity (Wildman–Crippen MR) is 92.3 cm³/mol. The number of aryl methyl sites for hydroxylation is 1. The van der Waals surface area contributed by atoms with Gasteiger partial charge in [0.25, 0.3) is 0 Å². The van der Waals surface area contributed by atoms with E-state index in [0.717, 1.165) is 24.1 Å². The van der Waals surface area contributed by atoms with Crippen LogP contribution in [0.5, 0.6) is 0 Å². The molecule has 25 heavy (non-hydrogen) atoms. The Morgan fingerprint density at radius 3 is 3.04 bits per heavy atom. The Balaban J connectivity index is 1.75. The van der Waals surface area contributed by atoms with Crippen LogP contribution < -0.4 is 0 Å². The van der Waals surface area contributed by atoms with Crippen LogP contribution in [0.4, 0.5) is 0 Å². The zero-order valence-electron chi connectivity index (χ0n) is 14.6. The minimum atomic E-state index is -0.262. The number of amides is 1. The lowest BCUT2D eigenvalue weighted by Gasteiger charge is -2.33. The van der Waals surface area contributed by atoms with Gasteiger partial charge >= 0.3 is 0 Å². The minimum Gasteiger partial charge on any atom is -0.371 e. The molecule has 0 unspecified atom stereocenters. The molecule has 0 saturated carbocycles. The molecule has 1 amide bonds. The molecular weight excluding hydrogens is 316 g/mol. The number of hydrogen-bond acceptors (Lipinski definition) is 4. The first kappa shape index (κ1) is 17.2. The van der Waals surface area contributed by atoms with Gasteiger partial charge in [0.15, 0.2) is 0 Å². The largest absolute Gasteiger partial charge is 0.371 e. The Morgan fingerprint density at radius 1 is 1.48 bits per heavy atom. The molecule has 0 aliphatic carbocycles. The van der Waals surface area contributed by atoms with Crippen LogP contribution >= 0.6 is 0 Å². The average molecular weight is 338 g/mol. The molecule has 2 aromatic rings. The second kappa shape index (κ2) is 7.49. The van der Waals surface area contributed by atoms with Gasteiger partial charge in [0.05, 0.1) is 23.2 Å². The van der Waals surface area contributed by atoms with Crippen LogP contribution in [0, 0.1) is 17.2 Å². The molecule has 0 N–H and O–H groups in total. The lowest BCUT2D eigenvalue weighted by molar-refractivity contribution is -0.145. The van der Waals surface area contributed by atoms with E-state index in [9.17, 15) is 4.79 Å². The topological polar surface area (TPSA) is 71.2 Å². The third-order valence-corrected chi connectivity index (χ3v) is 4.64. The second-order valence-corrected chi connectivity index (χ2v) is 6.43. The highest BCUT2D eigenvalue weighted by Gasteiger charge is 2.36. The number of hydrogen-bond donors (Lipinski definition) is 0. The zero-order chi connectivity index (χ0) is 17.8. The van der Waals surface area contributed by atoms with Crippen LogP contribution in [-0.2, 0) is 23.1 Å². The van der Waals surface area contributed by atoms with Crippen molar-refractivity contribution in [1.29, 1.82) is 5.26 Å². The van der Waals surface area contributed by atoms with Crippen molar-refractivity contribution in [3.63, 3.8) is 0 Å². The second-order valence-electron chi connectivity index (χ2n) is 6.43. The molecule has 1 aliphatic rings. The van der Waals surface area contributed by atoms with E-state index in [4.69, 9.17) is 10.00 Å². The minimum absolute atomic E-state index is 0.0632. The quantitative estimate of drug-likeness (QED) is 0.858. The number of rotatable bonds is 4. The van der Waals surface area contributed by atoms with Gasteiger partial charge in [-0.25, -0.2) is 0 Å². The Morgan fingerprint density at radius 2 is 2.32 bits per heavy atom. The van der Waals surface area contributed by atoms with Gasteiger partial charge in [-0.15, -0.1) is 0 Å². The van der Waals surface area contributed by atoms with E-state index in [0.29, 0.717) is 18.7 Å². The zero-order valence-corrected chi connectivity index (χ0v) is 14.6. The molecule has 1 fully saturated rings. The van der Waals surface area contributed by atoms with Gasteiger partial charge < -0.3 is 9.64 Å². The normalized spacial score (nSPS) is 20.0. The molecule has 2 heterocycles. The highest BCUT2D eigenvalue weighted by Crippen LogP contribution is 2.34. The van der Waals surface area contributed by atoms with Crippen molar-refractivity contribution in [2.24, 2.45) is 13.0 Å². The van der Waals surface area contributed by atoms with Crippen molar-refractivity contribution < 1.29 is 9.53 Å². The van der Waals surface area contributed by atoms with Gasteiger partial charge in [-0.2, -0.15) is 10.4 Å². The van der Waals surface area contributed by atoms with Crippen LogP contribution in [-0.4, -0.2) is 34.2 Å². The molecule has 1 saturated heterocycles. The summed E-state index contributed by atoms with van der Waals surface area (Å²) in [5.41, 5.74) is 2.48. The summed E-state index contributed by atoms with van der Waals surface area (Å²) in [4.78, 5) is 14.7. The first-order valence-corrected chi connectivity index (χ1v) is 8.43. The van der Waals surface area contributed by atoms with E-state index in [2.05, 4.69) is 11.2 Å². The molecule has 130 valence electrons. The van der Waals surface area contributed by atoms with E-state index < -0.39 is 0 Å². The van der Waals surface area contributed by atoms with Crippen molar-refractivity contribution in [2.45, 2.75) is 25.5 Å². The molecule has 6 nitrogen and oxygen atoms in total. The maximum atomic E-state index is 13.0. The molecule has 1 aromatic carbocycles. The van der Waals surface area contributed by atoms with Crippen molar-refractivity contribution in [3.8, 4) is 6.07 Å². The van der Waals surface area contributed by atoms with Gasteiger partial charge in [-0.3, -0.25) is 9.48 Å². The lowest BCUT2D eigenvalue weighted by atomic mass is 9.90. The predicted octanol–water partition coefficient (Wildman–Crippen LogP) is 2.42. The summed E-state index contributed by atoms with van der Waals surface area (Å²) in [5, 5.41) is 13.2. The van der Waals surface area contributed by atoms with Crippen LogP contribution in [0.1, 0.15) is 35.8 Å². The molecule has 0 bridgehead atoms. The number of aromatic nitrogens is 2. The van der Waals surface area contributed by atoms with Crippen molar-refractivity contribution in [3.05, 3.63) is 53.3 Å². The fourth-order valence-electron chi connectivity index (χ4n) is 3.36. The summed E-state index contributed by atoms with van der Waals surface area (Å²) in [6, 6.07) is 11.4. The van der Waals surface area contributed by atoms with Crippen LogP contribution in [0.2, 0.25) is 0 Å². The highest BCUT2D eigenvalue weighted by atomic mass is 16.5.